The highest BCUT2D eigenvalue weighted by molar-refractivity contribution is 6.36. The van der Waals surface area contributed by atoms with Gasteiger partial charge in [0.25, 0.3) is 0 Å². The molecule has 0 aliphatic carbocycles. The van der Waals surface area contributed by atoms with Crippen LogP contribution < -0.4 is 5.32 Å². The largest absolute Gasteiger partial charge is 0.355 e. The average Bonchev–Trinajstić information content (AvgIpc) is 2.91. The summed E-state index contributed by atoms with van der Waals surface area (Å²) in [5.74, 6) is 0.000964. The molecule has 3 rings (SSSR count). The predicted molar refractivity (Wildman–Crippen MR) is 92.1 cm³/mol. The number of pyridine rings is 1. The van der Waals surface area contributed by atoms with Crippen molar-refractivity contribution in [3.63, 3.8) is 0 Å². The van der Waals surface area contributed by atoms with Gasteiger partial charge in [-0.1, -0.05) is 53.5 Å². The number of hydrogen-bond donors (Lipinski definition) is 1. The molecular weight excluding hydrogens is 333 g/mol. The van der Waals surface area contributed by atoms with Gasteiger partial charge in [-0.2, -0.15) is 0 Å². The molecule has 0 saturated carbocycles. The fourth-order valence-electron chi connectivity index (χ4n) is 2.37. The monoisotopic (exact) mass is 347 g/mol. The molecule has 0 bridgehead atoms. The second-order valence-electron chi connectivity index (χ2n) is 5.23. The summed E-state index contributed by atoms with van der Waals surface area (Å²) in [6, 6.07) is 11.3. The minimum Gasteiger partial charge on any atom is -0.355 e. The molecule has 0 spiro atoms. The third kappa shape index (κ3) is 4.03. The highest BCUT2D eigenvalue weighted by atomic mass is 35.5. The van der Waals surface area contributed by atoms with Crippen LogP contribution in [-0.2, 0) is 17.6 Å². The SMILES string of the molecule is O=C(Cc1ccccc1)NCCc1cn2cc(Cl)cc(Cl)c2n1. The number of halogens is 2. The van der Waals surface area contributed by atoms with E-state index in [2.05, 4.69) is 10.3 Å². The molecule has 0 aliphatic heterocycles. The quantitative estimate of drug-likeness (QED) is 0.767. The average molecular weight is 348 g/mol. The van der Waals surface area contributed by atoms with Gasteiger partial charge in [0.15, 0.2) is 5.65 Å². The molecular formula is C17H15Cl2N3O. The Hall–Kier alpha value is -2.04. The van der Waals surface area contributed by atoms with Crippen molar-refractivity contribution in [2.24, 2.45) is 0 Å². The van der Waals surface area contributed by atoms with Gasteiger partial charge in [0.2, 0.25) is 5.91 Å². The molecule has 0 radical (unpaired) electrons. The lowest BCUT2D eigenvalue weighted by atomic mass is 10.1. The lowest BCUT2D eigenvalue weighted by Gasteiger charge is -2.03. The van der Waals surface area contributed by atoms with E-state index in [-0.39, 0.29) is 5.91 Å². The van der Waals surface area contributed by atoms with Crippen molar-refractivity contribution in [2.75, 3.05) is 6.54 Å². The van der Waals surface area contributed by atoms with Gasteiger partial charge in [0, 0.05) is 25.4 Å². The summed E-state index contributed by atoms with van der Waals surface area (Å²) >= 11 is 12.1. The first-order chi connectivity index (χ1) is 11.1. The number of benzene rings is 1. The van der Waals surface area contributed by atoms with Gasteiger partial charge in [0.05, 0.1) is 22.2 Å². The maximum atomic E-state index is 11.9. The normalized spacial score (nSPS) is 10.9. The number of carbonyl (C=O) groups excluding carboxylic acids is 1. The van der Waals surface area contributed by atoms with Gasteiger partial charge in [-0.25, -0.2) is 4.98 Å². The first kappa shape index (κ1) is 15.8. The van der Waals surface area contributed by atoms with Crippen molar-refractivity contribution in [3.05, 3.63) is 70.1 Å². The van der Waals surface area contributed by atoms with Gasteiger partial charge in [-0.3, -0.25) is 4.79 Å². The number of fused-ring (bicyclic) bond motifs is 1. The zero-order valence-corrected chi connectivity index (χ0v) is 13.8. The molecule has 0 saturated heterocycles. The molecule has 2 heterocycles. The van der Waals surface area contributed by atoms with Gasteiger partial charge < -0.3 is 9.72 Å². The van der Waals surface area contributed by atoms with Gasteiger partial charge in [-0.15, -0.1) is 0 Å². The Bertz CT molecular complexity index is 830. The van der Waals surface area contributed by atoms with E-state index in [4.69, 9.17) is 23.2 Å². The van der Waals surface area contributed by atoms with Crippen LogP contribution in [0.3, 0.4) is 0 Å². The van der Waals surface area contributed by atoms with Crippen molar-refractivity contribution in [1.29, 1.82) is 0 Å². The molecule has 1 N–H and O–H groups in total. The van der Waals surface area contributed by atoms with Crippen LogP contribution in [0.2, 0.25) is 10.0 Å². The van der Waals surface area contributed by atoms with Crippen LogP contribution in [-0.4, -0.2) is 21.8 Å². The second kappa shape index (κ2) is 7.02. The lowest BCUT2D eigenvalue weighted by Crippen LogP contribution is -2.27. The number of imidazole rings is 1. The maximum absolute atomic E-state index is 11.9. The van der Waals surface area contributed by atoms with E-state index in [9.17, 15) is 4.79 Å². The summed E-state index contributed by atoms with van der Waals surface area (Å²) in [6.07, 6.45) is 4.65. The summed E-state index contributed by atoms with van der Waals surface area (Å²) in [7, 11) is 0. The Morgan fingerprint density at radius 3 is 2.74 bits per heavy atom. The summed E-state index contributed by atoms with van der Waals surface area (Å²) < 4.78 is 1.80. The Labute approximate surface area is 144 Å². The molecule has 118 valence electrons. The topological polar surface area (TPSA) is 46.4 Å². The van der Waals surface area contributed by atoms with E-state index in [1.807, 2.05) is 36.5 Å². The molecule has 0 unspecified atom stereocenters. The summed E-state index contributed by atoms with van der Waals surface area (Å²) in [5, 5.41) is 3.97. The molecule has 3 aromatic rings. The van der Waals surface area contributed by atoms with Crippen LogP contribution in [0, 0.1) is 0 Å². The highest BCUT2D eigenvalue weighted by Gasteiger charge is 2.08. The van der Waals surface area contributed by atoms with Crippen molar-refractivity contribution >= 4 is 34.8 Å². The number of rotatable bonds is 5. The smallest absolute Gasteiger partial charge is 0.224 e. The third-order valence-electron chi connectivity index (χ3n) is 3.43. The van der Waals surface area contributed by atoms with Crippen molar-refractivity contribution in [3.8, 4) is 0 Å². The molecule has 6 heteroatoms. The molecule has 0 aliphatic rings. The van der Waals surface area contributed by atoms with E-state index in [0.717, 1.165) is 11.3 Å². The van der Waals surface area contributed by atoms with Gasteiger partial charge >= 0.3 is 0 Å². The van der Waals surface area contributed by atoms with E-state index in [0.29, 0.717) is 35.1 Å². The maximum Gasteiger partial charge on any atom is 0.224 e. The number of hydrogen-bond acceptors (Lipinski definition) is 2. The van der Waals surface area contributed by atoms with Crippen LogP contribution >= 0.6 is 23.2 Å². The molecule has 0 fully saturated rings. The molecule has 1 aromatic carbocycles. The highest BCUT2D eigenvalue weighted by Crippen LogP contribution is 2.21. The minimum absolute atomic E-state index is 0.000964. The van der Waals surface area contributed by atoms with Crippen LogP contribution in [0.5, 0.6) is 0 Å². The van der Waals surface area contributed by atoms with Crippen LogP contribution in [0.15, 0.2) is 48.8 Å². The Morgan fingerprint density at radius 2 is 1.96 bits per heavy atom. The van der Waals surface area contributed by atoms with Crippen LogP contribution in [0.25, 0.3) is 5.65 Å². The number of carbonyl (C=O) groups is 1. The fraction of sp³-hybridized carbons (Fsp3) is 0.176. The van der Waals surface area contributed by atoms with Crippen molar-refractivity contribution in [2.45, 2.75) is 12.8 Å². The lowest BCUT2D eigenvalue weighted by molar-refractivity contribution is -0.120. The van der Waals surface area contributed by atoms with Crippen LogP contribution in [0.1, 0.15) is 11.3 Å². The van der Waals surface area contributed by atoms with Crippen molar-refractivity contribution in [1.82, 2.24) is 14.7 Å². The number of amides is 1. The van der Waals surface area contributed by atoms with E-state index in [1.165, 1.54) is 0 Å². The molecule has 23 heavy (non-hydrogen) atoms. The Kier molecular flexibility index (Phi) is 4.84. The van der Waals surface area contributed by atoms with Crippen LogP contribution in [0.4, 0.5) is 0 Å². The Morgan fingerprint density at radius 1 is 1.17 bits per heavy atom. The number of aromatic nitrogens is 2. The molecule has 4 nitrogen and oxygen atoms in total. The van der Waals surface area contributed by atoms with E-state index >= 15 is 0 Å². The minimum atomic E-state index is 0.000964. The second-order valence-corrected chi connectivity index (χ2v) is 6.08. The molecule has 0 atom stereocenters. The Balaban J connectivity index is 1.56. The standard InChI is InChI=1S/C17H15Cl2N3O/c18-13-9-15(19)17-21-14(11-22(17)10-13)6-7-20-16(23)8-12-4-2-1-3-5-12/h1-5,9-11H,6-8H2,(H,20,23). The van der Waals surface area contributed by atoms with Gasteiger partial charge in [-0.05, 0) is 11.6 Å². The van der Waals surface area contributed by atoms with Crippen molar-refractivity contribution < 1.29 is 4.79 Å². The predicted octanol–water partition coefficient (Wildman–Crippen LogP) is 3.54. The summed E-state index contributed by atoms with van der Waals surface area (Å²) in [4.78, 5) is 16.4. The van der Waals surface area contributed by atoms with E-state index in [1.54, 1.807) is 16.7 Å². The van der Waals surface area contributed by atoms with E-state index < -0.39 is 0 Å². The number of nitrogens with one attached hydrogen (secondary N) is 1. The fourth-order valence-corrected chi connectivity index (χ4v) is 2.90. The van der Waals surface area contributed by atoms with Gasteiger partial charge in [0.1, 0.15) is 0 Å². The zero-order chi connectivity index (χ0) is 16.2. The first-order valence-corrected chi connectivity index (χ1v) is 8.00. The third-order valence-corrected chi connectivity index (χ3v) is 3.92. The first-order valence-electron chi connectivity index (χ1n) is 7.25. The molecule has 2 aromatic heterocycles. The zero-order valence-electron chi connectivity index (χ0n) is 12.3. The summed E-state index contributed by atoms with van der Waals surface area (Å²) in [6.45, 7) is 0.529. The summed E-state index contributed by atoms with van der Waals surface area (Å²) in [5.41, 5.74) is 2.52. The number of nitrogens with zero attached hydrogens (tertiary/aromatic N) is 2. The molecule has 1 amide bonds.